The highest BCUT2D eigenvalue weighted by molar-refractivity contribution is 5.54. The molecule has 0 aromatic carbocycles. The van der Waals surface area contributed by atoms with E-state index in [2.05, 4.69) is 42.9 Å². The van der Waals surface area contributed by atoms with Crippen LogP contribution in [0.2, 0.25) is 0 Å². The van der Waals surface area contributed by atoms with Crippen LogP contribution < -0.4 is 0 Å². The third-order valence-electron chi connectivity index (χ3n) is 4.22. The van der Waals surface area contributed by atoms with Gasteiger partial charge in [-0.2, -0.15) is 0 Å². The summed E-state index contributed by atoms with van der Waals surface area (Å²) in [7, 11) is 2.25. The van der Waals surface area contributed by atoms with Crippen molar-refractivity contribution in [3.8, 4) is 0 Å². The smallest absolute Gasteiger partial charge is 0.0308 e. The highest BCUT2D eigenvalue weighted by Gasteiger charge is 2.22. The SMILES string of the molecule is CC.CC=N/C=C(\C=C/C)CN(C)C1CCC(CC)CC1. The molecule has 0 radical (unpaired) electrons. The minimum absolute atomic E-state index is 0.752. The van der Waals surface area contributed by atoms with Gasteiger partial charge in [-0.1, -0.05) is 39.3 Å². The molecule has 122 valence electrons. The van der Waals surface area contributed by atoms with Crippen LogP contribution in [0.5, 0.6) is 0 Å². The zero-order valence-corrected chi connectivity index (χ0v) is 15.1. The fraction of sp³-hybridized carbons (Fsp3) is 0.737. The summed E-state index contributed by atoms with van der Waals surface area (Å²) in [5, 5.41) is 0. The average Bonchev–Trinajstić information content (AvgIpc) is 2.54. The fourth-order valence-electron chi connectivity index (χ4n) is 2.93. The molecule has 1 fully saturated rings. The minimum Gasteiger partial charge on any atom is -0.299 e. The van der Waals surface area contributed by atoms with Crippen LogP contribution >= 0.6 is 0 Å². The maximum absolute atomic E-state index is 4.25. The average molecular weight is 293 g/mol. The van der Waals surface area contributed by atoms with Gasteiger partial charge in [0.15, 0.2) is 0 Å². The zero-order valence-electron chi connectivity index (χ0n) is 15.1. The summed E-state index contributed by atoms with van der Waals surface area (Å²) in [6.45, 7) is 11.4. The van der Waals surface area contributed by atoms with Crippen LogP contribution in [0.15, 0.2) is 28.9 Å². The molecule has 0 aromatic rings. The maximum atomic E-state index is 4.25. The molecule has 0 aliphatic heterocycles. The second kappa shape index (κ2) is 12.8. The Morgan fingerprint density at radius 2 is 1.76 bits per heavy atom. The van der Waals surface area contributed by atoms with E-state index in [4.69, 9.17) is 0 Å². The number of hydrogen-bond acceptors (Lipinski definition) is 2. The lowest BCUT2D eigenvalue weighted by Gasteiger charge is -2.34. The summed E-state index contributed by atoms with van der Waals surface area (Å²) in [5.74, 6) is 0.972. The molecule has 0 heterocycles. The molecule has 1 saturated carbocycles. The predicted molar refractivity (Wildman–Crippen MR) is 97.1 cm³/mol. The molecule has 2 nitrogen and oxygen atoms in total. The molecule has 1 aliphatic rings. The second-order valence-electron chi connectivity index (χ2n) is 5.61. The summed E-state index contributed by atoms with van der Waals surface area (Å²) in [6, 6.07) is 0.752. The Kier molecular flexibility index (Phi) is 12.3. The van der Waals surface area contributed by atoms with Crippen molar-refractivity contribution in [1.82, 2.24) is 4.90 Å². The van der Waals surface area contributed by atoms with Gasteiger partial charge in [0.2, 0.25) is 0 Å². The van der Waals surface area contributed by atoms with E-state index in [1.165, 1.54) is 37.7 Å². The maximum Gasteiger partial charge on any atom is 0.0308 e. The molecule has 1 rings (SSSR count). The van der Waals surface area contributed by atoms with Gasteiger partial charge in [-0.05, 0) is 58.1 Å². The molecular formula is C19H36N2. The van der Waals surface area contributed by atoms with E-state index >= 15 is 0 Å². The Morgan fingerprint density at radius 1 is 1.14 bits per heavy atom. The molecule has 1 aliphatic carbocycles. The van der Waals surface area contributed by atoms with Gasteiger partial charge >= 0.3 is 0 Å². The van der Waals surface area contributed by atoms with Gasteiger partial charge in [0.25, 0.3) is 0 Å². The van der Waals surface area contributed by atoms with Crippen LogP contribution in [0.3, 0.4) is 0 Å². The molecule has 0 atom stereocenters. The predicted octanol–water partition coefficient (Wildman–Crippen LogP) is 5.46. The Hall–Kier alpha value is -0.890. The lowest BCUT2D eigenvalue weighted by Crippen LogP contribution is -2.36. The zero-order chi connectivity index (χ0) is 16.1. The molecule has 0 unspecified atom stereocenters. The number of hydrogen-bond donors (Lipinski definition) is 0. The van der Waals surface area contributed by atoms with Crippen molar-refractivity contribution in [2.24, 2.45) is 10.9 Å². The molecule has 0 N–H and O–H groups in total. The summed E-state index contributed by atoms with van der Waals surface area (Å²) in [5.41, 5.74) is 1.29. The van der Waals surface area contributed by atoms with Crippen molar-refractivity contribution in [1.29, 1.82) is 0 Å². The van der Waals surface area contributed by atoms with Gasteiger partial charge in [0, 0.05) is 25.0 Å². The van der Waals surface area contributed by atoms with Crippen molar-refractivity contribution in [3.05, 3.63) is 23.9 Å². The highest BCUT2D eigenvalue weighted by atomic mass is 15.1. The first-order valence-corrected chi connectivity index (χ1v) is 8.71. The van der Waals surface area contributed by atoms with Crippen molar-refractivity contribution >= 4 is 6.21 Å². The largest absolute Gasteiger partial charge is 0.299 e. The first-order chi connectivity index (χ1) is 10.2. The van der Waals surface area contributed by atoms with Crippen LogP contribution in [0.1, 0.15) is 66.7 Å². The molecule has 0 bridgehead atoms. The topological polar surface area (TPSA) is 15.6 Å². The highest BCUT2D eigenvalue weighted by Crippen LogP contribution is 2.29. The van der Waals surface area contributed by atoms with Crippen LogP contribution in [0, 0.1) is 5.92 Å². The number of likely N-dealkylation sites (N-methyl/N-ethyl adjacent to an activating group) is 1. The van der Waals surface area contributed by atoms with E-state index in [-0.39, 0.29) is 0 Å². The molecule has 2 heteroatoms. The number of allylic oxidation sites excluding steroid dienone is 1. The van der Waals surface area contributed by atoms with Crippen LogP contribution in [0.4, 0.5) is 0 Å². The first kappa shape index (κ1) is 20.1. The Labute approximate surface area is 133 Å². The van der Waals surface area contributed by atoms with E-state index in [0.29, 0.717) is 0 Å². The van der Waals surface area contributed by atoms with Gasteiger partial charge in [0.1, 0.15) is 0 Å². The Balaban J connectivity index is 0.00000191. The summed E-state index contributed by atoms with van der Waals surface area (Å²) in [4.78, 5) is 6.75. The van der Waals surface area contributed by atoms with E-state index < -0.39 is 0 Å². The summed E-state index contributed by atoms with van der Waals surface area (Å²) >= 11 is 0. The Bertz CT molecular complexity index is 320. The number of aliphatic imine (C=N–C) groups is 1. The fourth-order valence-corrected chi connectivity index (χ4v) is 2.93. The molecule has 0 saturated heterocycles. The summed E-state index contributed by atoms with van der Waals surface area (Å²) in [6.07, 6.45) is 15.0. The van der Waals surface area contributed by atoms with Gasteiger partial charge in [-0.3, -0.25) is 9.89 Å². The van der Waals surface area contributed by atoms with E-state index in [1.54, 1.807) is 0 Å². The van der Waals surface area contributed by atoms with Crippen LogP contribution in [-0.4, -0.2) is 30.7 Å². The standard InChI is InChI=1S/C17H30N2.C2H6/c1-5-8-16(13-18-7-3)14-19(4)17-11-9-15(6-2)10-12-17;1-2/h5,7-8,13,15,17H,6,9-12,14H2,1-4H3;1-2H3/b8-5-,16-13+,18-7?;. The third kappa shape index (κ3) is 8.21. The van der Waals surface area contributed by atoms with Crippen LogP contribution in [-0.2, 0) is 0 Å². The lowest BCUT2D eigenvalue weighted by atomic mass is 9.84. The van der Waals surface area contributed by atoms with Gasteiger partial charge < -0.3 is 0 Å². The second-order valence-corrected chi connectivity index (χ2v) is 5.61. The molecule has 0 spiro atoms. The van der Waals surface area contributed by atoms with Gasteiger partial charge in [-0.15, -0.1) is 0 Å². The van der Waals surface area contributed by atoms with Crippen LogP contribution in [0.25, 0.3) is 0 Å². The van der Waals surface area contributed by atoms with E-state index in [1.807, 2.05) is 33.2 Å². The normalized spacial score (nSPS) is 23.7. The van der Waals surface area contributed by atoms with E-state index in [9.17, 15) is 0 Å². The minimum atomic E-state index is 0.752. The van der Waals surface area contributed by atoms with Gasteiger partial charge in [-0.25, -0.2) is 0 Å². The molecule has 0 aromatic heterocycles. The Morgan fingerprint density at radius 3 is 2.24 bits per heavy atom. The summed E-state index contributed by atoms with van der Waals surface area (Å²) < 4.78 is 0. The monoisotopic (exact) mass is 292 g/mol. The lowest BCUT2D eigenvalue weighted by molar-refractivity contribution is 0.175. The van der Waals surface area contributed by atoms with Crippen molar-refractivity contribution in [3.63, 3.8) is 0 Å². The number of nitrogens with zero attached hydrogens (tertiary/aromatic N) is 2. The molecule has 21 heavy (non-hydrogen) atoms. The molecular weight excluding hydrogens is 256 g/mol. The third-order valence-corrected chi connectivity index (χ3v) is 4.22. The van der Waals surface area contributed by atoms with Crippen molar-refractivity contribution in [2.45, 2.75) is 72.8 Å². The molecule has 0 amide bonds. The number of rotatable bonds is 6. The van der Waals surface area contributed by atoms with Gasteiger partial charge in [0.05, 0.1) is 0 Å². The quantitative estimate of drug-likeness (QED) is 0.468. The van der Waals surface area contributed by atoms with Crippen molar-refractivity contribution < 1.29 is 0 Å². The van der Waals surface area contributed by atoms with E-state index in [0.717, 1.165) is 18.5 Å². The first-order valence-electron chi connectivity index (χ1n) is 8.71. The van der Waals surface area contributed by atoms with Crippen molar-refractivity contribution in [2.75, 3.05) is 13.6 Å².